The fraction of sp³-hybridized carbons (Fsp3) is 0.889. The van der Waals surface area contributed by atoms with Crippen LogP contribution in [-0.2, 0) is 4.79 Å². The lowest BCUT2D eigenvalue weighted by Crippen LogP contribution is -2.57. The Hall–Kier alpha value is -0.610. The molecule has 1 heterocycles. The fourth-order valence-electron chi connectivity index (χ4n) is 1.77. The van der Waals surface area contributed by atoms with Gasteiger partial charge in [0.15, 0.2) is 0 Å². The van der Waals surface area contributed by atoms with Gasteiger partial charge in [0.2, 0.25) is 0 Å². The van der Waals surface area contributed by atoms with Crippen LogP contribution in [0.25, 0.3) is 0 Å². The van der Waals surface area contributed by atoms with Crippen molar-refractivity contribution in [1.82, 2.24) is 9.80 Å². The first kappa shape index (κ1) is 10.5. The lowest BCUT2D eigenvalue weighted by Gasteiger charge is -2.39. The Labute approximate surface area is 79.1 Å². The summed E-state index contributed by atoms with van der Waals surface area (Å²) in [7, 11) is 1.97. The predicted octanol–water partition coefficient (Wildman–Crippen LogP) is 0.0954. The molecule has 0 amide bonds. The zero-order valence-corrected chi connectivity index (χ0v) is 8.53. The van der Waals surface area contributed by atoms with E-state index in [2.05, 4.69) is 4.90 Å². The Morgan fingerprint density at radius 3 is 2.54 bits per heavy atom. The lowest BCUT2D eigenvalue weighted by atomic mass is 10.1. The summed E-state index contributed by atoms with van der Waals surface area (Å²) >= 11 is 0. The maximum Gasteiger partial charge on any atom is 0.322 e. The standard InChI is InChI=1S/C9H18N2O2/c1-7(2)11-5-4-10(3)6-8(11)9(12)13/h7-8H,4-6H2,1-3H3,(H,12,13). The van der Waals surface area contributed by atoms with Crippen molar-refractivity contribution in [3.05, 3.63) is 0 Å². The van der Waals surface area contributed by atoms with E-state index in [-0.39, 0.29) is 6.04 Å². The molecular weight excluding hydrogens is 168 g/mol. The van der Waals surface area contributed by atoms with Crippen LogP contribution >= 0.6 is 0 Å². The number of aliphatic carboxylic acids is 1. The van der Waals surface area contributed by atoms with Crippen LogP contribution in [0.2, 0.25) is 0 Å². The second-order valence-electron chi connectivity index (χ2n) is 3.95. The highest BCUT2D eigenvalue weighted by Gasteiger charge is 2.31. The molecule has 0 saturated carbocycles. The van der Waals surface area contributed by atoms with Gasteiger partial charge in [-0.2, -0.15) is 0 Å². The zero-order valence-electron chi connectivity index (χ0n) is 8.53. The normalized spacial score (nSPS) is 26.6. The van der Waals surface area contributed by atoms with Gasteiger partial charge in [0.1, 0.15) is 6.04 Å². The molecule has 0 aromatic heterocycles. The Morgan fingerprint density at radius 2 is 2.08 bits per heavy atom. The second kappa shape index (κ2) is 4.07. The lowest BCUT2D eigenvalue weighted by molar-refractivity contribution is -0.146. The van der Waals surface area contributed by atoms with Crippen molar-refractivity contribution in [3.63, 3.8) is 0 Å². The molecule has 1 aliphatic heterocycles. The number of carbonyl (C=O) groups is 1. The van der Waals surface area contributed by atoms with E-state index in [0.29, 0.717) is 12.6 Å². The highest BCUT2D eigenvalue weighted by Crippen LogP contribution is 2.11. The fourth-order valence-corrected chi connectivity index (χ4v) is 1.77. The summed E-state index contributed by atoms with van der Waals surface area (Å²) in [5.74, 6) is -0.708. The SMILES string of the molecule is CC(C)N1CCN(C)CC1C(=O)O. The number of nitrogens with zero attached hydrogens (tertiary/aromatic N) is 2. The van der Waals surface area contributed by atoms with Gasteiger partial charge in [-0.05, 0) is 20.9 Å². The average Bonchev–Trinajstić information content (AvgIpc) is 2.03. The van der Waals surface area contributed by atoms with E-state index in [4.69, 9.17) is 5.11 Å². The summed E-state index contributed by atoms with van der Waals surface area (Å²) in [6.45, 7) is 6.53. The maximum atomic E-state index is 10.9. The van der Waals surface area contributed by atoms with Crippen molar-refractivity contribution in [3.8, 4) is 0 Å². The number of hydrogen-bond donors (Lipinski definition) is 1. The van der Waals surface area contributed by atoms with Gasteiger partial charge in [-0.15, -0.1) is 0 Å². The van der Waals surface area contributed by atoms with Crippen LogP contribution in [0.1, 0.15) is 13.8 Å². The van der Waals surface area contributed by atoms with E-state index in [1.807, 2.05) is 25.8 Å². The first-order valence-electron chi connectivity index (χ1n) is 4.69. The summed E-state index contributed by atoms with van der Waals surface area (Å²) in [4.78, 5) is 15.1. The van der Waals surface area contributed by atoms with Gasteiger partial charge in [-0.3, -0.25) is 9.69 Å². The van der Waals surface area contributed by atoms with Gasteiger partial charge in [0, 0.05) is 25.7 Å². The molecule has 1 aliphatic rings. The minimum absolute atomic E-state index is 0.315. The summed E-state index contributed by atoms with van der Waals surface area (Å²) in [5.41, 5.74) is 0. The molecule has 76 valence electrons. The number of hydrogen-bond acceptors (Lipinski definition) is 3. The van der Waals surface area contributed by atoms with E-state index in [1.165, 1.54) is 0 Å². The molecule has 1 rings (SSSR count). The van der Waals surface area contributed by atoms with Gasteiger partial charge in [-0.25, -0.2) is 0 Å². The Bertz CT molecular complexity index is 194. The molecule has 0 spiro atoms. The van der Waals surface area contributed by atoms with E-state index < -0.39 is 5.97 Å². The van der Waals surface area contributed by atoms with Crippen LogP contribution in [0.4, 0.5) is 0 Å². The largest absolute Gasteiger partial charge is 0.480 e. The minimum Gasteiger partial charge on any atom is -0.480 e. The predicted molar refractivity (Wildman–Crippen MR) is 50.8 cm³/mol. The molecule has 0 aliphatic carbocycles. The molecule has 0 bridgehead atoms. The van der Waals surface area contributed by atoms with Crippen molar-refractivity contribution in [1.29, 1.82) is 0 Å². The van der Waals surface area contributed by atoms with E-state index >= 15 is 0 Å². The third kappa shape index (κ3) is 2.42. The summed E-state index contributed by atoms with van der Waals surface area (Å²) in [5, 5.41) is 9.01. The molecule has 4 nitrogen and oxygen atoms in total. The third-order valence-corrected chi connectivity index (χ3v) is 2.57. The van der Waals surface area contributed by atoms with Gasteiger partial charge >= 0.3 is 5.97 Å². The highest BCUT2D eigenvalue weighted by atomic mass is 16.4. The van der Waals surface area contributed by atoms with E-state index in [9.17, 15) is 4.79 Å². The molecular formula is C9H18N2O2. The van der Waals surface area contributed by atoms with Gasteiger partial charge in [-0.1, -0.05) is 0 Å². The summed E-state index contributed by atoms with van der Waals surface area (Å²) in [6.07, 6.45) is 0. The first-order valence-corrected chi connectivity index (χ1v) is 4.69. The van der Waals surface area contributed by atoms with Crippen LogP contribution in [0.5, 0.6) is 0 Å². The zero-order chi connectivity index (χ0) is 10.0. The summed E-state index contributed by atoms with van der Waals surface area (Å²) in [6, 6.07) is -0.0199. The average molecular weight is 186 g/mol. The minimum atomic E-state index is -0.708. The molecule has 1 N–H and O–H groups in total. The number of piperazine rings is 1. The molecule has 1 atom stereocenters. The second-order valence-corrected chi connectivity index (χ2v) is 3.95. The third-order valence-electron chi connectivity index (χ3n) is 2.57. The number of carboxylic acid groups (broad SMARTS) is 1. The van der Waals surface area contributed by atoms with Crippen LogP contribution in [0.3, 0.4) is 0 Å². The molecule has 0 aromatic rings. The first-order chi connectivity index (χ1) is 6.02. The van der Waals surface area contributed by atoms with Crippen molar-refractivity contribution in [2.24, 2.45) is 0 Å². The van der Waals surface area contributed by atoms with E-state index in [0.717, 1.165) is 13.1 Å². The molecule has 0 radical (unpaired) electrons. The molecule has 0 aromatic carbocycles. The molecule has 1 saturated heterocycles. The maximum absolute atomic E-state index is 10.9. The van der Waals surface area contributed by atoms with Crippen LogP contribution in [-0.4, -0.2) is 59.6 Å². The van der Waals surface area contributed by atoms with Crippen LogP contribution < -0.4 is 0 Å². The van der Waals surface area contributed by atoms with Crippen LogP contribution in [0.15, 0.2) is 0 Å². The van der Waals surface area contributed by atoms with Crippen molar-refractivity contribution in [2.45, 2.75) is 25.9 Å². The van der Waals surface area contributed by atoms with Crippen molar-refractivity contribution < 1.29 is 9.90 Å². The molecule has 1 unspecified atom stereocenters. The number of rotatable bonds is 2. The number of likely N-dealkylation sites (N-methyl/N-ethyl adjacent to an activating group) is 1. The van der Waals surface area contributed by atoms with Crippen LogP contribution in [0, 0.1) is 0 Å². The van der Waals surface area contributed by atoms with Gasteiger partial charge < -0.3 is 10.0 Å². The Balaban J connectivity index is 2.66. The van der Waals surface area contributed by atoms with Crippen molar-refractivity contribution in [2.75, 3.05) is 26.7 Å². The molecule has 1 fully saturated rings. The van der Waals surface area contributed by atoms with Gasteiger partial charge in [0.05, 0.1) is 0 Å². The monoisotopic (exact) mass is 186 g/mol. The topological polar surface area (TPSA) is 43.8 Å². The summed E-state index contributed by atoms with van der Waals surface area (Å²) < 4.78 is 0. The smallest absolute Gasteiger partial charge is 0.322 e. The molecule has 13 heavy (non-hydrogen) atoms. The quantitative estimate of drug-likeness (QED) is 0.664. The van der Waals surface area contributed by atoms with Crippen molar-refractivity contribution >= 4 is 5.97 Å². The molecule has 4 heteroatoms. The van der Waals surface area contributed by atoms with Gasteiger partial charge in [0.25, 0.3) is 0 Å². The highest BCUT2D eigenvalue weighted by molar-refractivity contribution is 5.74. The Morgan fingerprint density at radius 1 is 1.46 bits per heavy atom. The van der Waals surface area contributed by atoms with E-state index in [1.54, 1.807) is 0 Å². The Kier molecular flexibility index (Phi) is 3.27. The number of carboxylic acids is 1.